The molecular formula is C14H10ClNO2. The summed E-state index contributed by atoms with van der Waals surface area (Å²) in [6, 6.07) is 5.55. The van der Waals surface area contributed by atoms with Crippen LogP contribution >= 0.6 is 11.6 Å². The molecule has 0 saturated heterocycles. The van der Waals surface area contributed by atoms with E-state index in [1.165, 1.54) is 0 Å². The van der Waals surface area contributed by atoms with Crippen molar-refractivity contribution in [2.24, 2.45) is 4.99 Å². The maximum Gasteiger partial charge on any atom is 0.338 e. The monoisotopic (exact) mass is 259 g/mol. The quantitative estimate of drug-likeness (QED) is 0.755. The van der Waals surface area contributed by atoms with Gasteiger partial charge >= 0.3 is 5.97 Å². The van der Waals surface area contributed by atoms with E-state index < -0.39 is 0 Å². The number of hydrogen-bond donors (Lipinski definition) is 0. The second kappa shape index (κ2) is 4.10. The van der Waals surface area contributed by atoms with E-state index in [0.717, 1.165) is 21.8 Å². The Bertz CT molecular complexity index is 729. The summed E-state index contributed by atoms with van der Waals surface area (Å²) in [6.45, 7) is 2.15. The Morgan fingerprint density at radius 3 is 3.00 bits per heavy atom. The van der Waals surface area contributed by atoms with E-state index in [0.29, 0.717) is 17.2 Å². The van der Waals surface area contributed by atoms with Crippen molar-refractivity contribution in [3.63, 3.8) is 0 Å². The minimum atomic E-state index is -0.314. The largest absolute Gasteiger partial charge is 0.462 e. The Morgan fingerprint density at radius 1 is 1.39 bits per heavy atom. The fourth-order valence-electron chi connectivity index (χ4n) is 2.09. The number of carbonyl (C=O) groups excluding carboxylic acids is 1. The Kier molecular flexibility index (Phi) is 2.56. The van der Waals surface area contributed by atoms with Crippen molar-refractivity contribution in [2.45, 2.75) is 6.92 Å². The highest BCUT2D eigenvalue weighted by Crippen LogP contribution is 2.27. The number of fused-ring (bicyclic) bond motifs is 2. The predicted octanol–water partition coefficient (Wildman–Crippen LogP) is 1.51. The van der Waals surface area contributed by atoms with Crippen LogP contribution in [0.3, 0.4) is 0 Å². The average Bonchev–Trinajstić information content (AvgIpc) is 2.87. The molecule has 18 heavy (non-hydrogen) atoms. The van der Waals surface area contributed by atoms with Crippen LogP contribution in [0.5, 0.6) is 0 Å². The lowest BCUT2D eigenvalue weighted by Gasteiger charge is -1.98. The summed E-state index contributed by atoms with van der Waals surface area (Å²) in [7, 11) is 0. The smallest absolute Gasteiger partial charge is 0.338 e. The molecule has 1 heterocycles. The van der Waals surface area contributed by atoms with Gasteiger partial charge in [0.05, 0.1) is 23.2 Å². The molecule has 1 aromatic carbocycles. The van der Waals surface area contributed by atoms with Crippen LogP contribution in [0, 0.1) is 0 Å². The molecule has 0 N–H and O–H groups in total. The molecular weight excluding hydrogens is 250 g/mol. The maximum atomic E-state index is 11.6. The standard InChI is InChI=1S/C14H10ClNO2/c1-2-18-14(17)8-5-10-11-7-9(15)3-4-12(11)16-13(10)6-8/h3-7H,2H2,1H3. The SMILES string of the molecule is CCOC(=O)C1=CC2=c3cc(Cl)ccc3=NC2=C1. The van der Waals surface area contributed by atoms with Gasteiger partial charge in [0.25, 0.3) is 0 Å². The van der Waals surface area contributed by atoms with Gasteiger partial charge < -0.3 is 4.74 Å². The van der Waals surface area contributed by atoms with Gasteiger partial charge in [-0.3, -0.25) is 0 Å². The van der Waals surface area contributed by atoms with Crippen LogP contribution in [0.4, 0.5) is 0 Å². The first-order valence-corrected chi connectivity index (χ1v) is 6.06. The first-order chi connectivity index (χ1) is 8.69. The second-order valence-corrected chi connectivity index (χ2v) is 4.47. The van der Waals surface area contributed by atoms with E-state index in [1.54, 1.807) is 19.1 Å². The minimum Gasteiger partial charge on any atom is -0.462 e. The van der Waals surface area contributed by atoms with E-state index in [9.17, 15) is 4.79 Å². The maximum absolute atomic E-state index is 11.6. The highest BCUT2D eigenvalue weighted by Gasteiger charge is 2.21. The molecule has 1 aromatic rings. The molecule has 0 atom stereocenters. The van der Waals surface area contributed by atoms with Gasteiger partial charge in [-0.1, -0.05) is 11.6 Å². The third-order valence-corrected chi connectivity index (χ3v) is 3.10. The Labute approximate surface area is 109 Å². The van der Waals surface area contributed by atoms with Crippen molar-refractivity contribution in [1.82, 2.24) is 0 Å². The predicted molar refractivity (Wildman–Crippen MR) is 68.4 cm³/mol. The summed E-state index contributed by atoms with van der Waals surface area (Å²) in [5, 5.41) is 2.52. The van der Waals surface area contributed by atoms with Gasteiger partial charge in [0.15, 0.2) is 0 Å². The van der Waals surface area contributed by atoms with Crippen LogP contribution in [-0.4, -0.2) is 12.6 Å². The minimum absolute atomic E-state index is 0.314. The van der Waals surface area contributed by atoms with Crippen molar-refractivity contribution in [2.75, 3.05) is 6.61 Å². The van der Waals surface area contributed by atoms with Gasteiger partial charge in [-0.05, 0) is 37.3 Å². The van der Waals surface area contributed by atoms with Gasteiger partial charge in [0, 0.05) is 15.8 Å². The van der Waals surface area contributed by atoms with Crippen LogP contribution < -0.4 is 10.6 Å². The first-order valence-electron chi connectivity index (χ1n) is 5.68. The van der Waals surface area contributed by atoms with Crippen molar-refractivity contribution < 1.29 is 9.53 Å². The number of ether oxygens (including phenoxy) is 1. The summed E-state index contributed by atoms with van der Waals surface area (Å²) in [5.41, 5.74) is 2.28. The summed E-state index contributed by atoms with van der Waals surface area (Å²) < 4.78 is 4.97. The third-order valence-electron chi connectivity index (χ3n) is 2.87. The van der Waals surface area contributed by atoms with E-state index in [-0.39, 0.29) is 5.97 Å². The number of halogens is 1. The highest BCUT2D eigenvalue weighted by molar-refractivity contribution is 6.30. The molecule has 0 saturated carbocycles. The van der Waals surface area contributed by atoms with Crippen LogP contribution in [0.15, 0.2) is 46.6 Å². The van der Waals surface area contributed by atoms with E-state index in [1.807, 2.05) is 18.2 Å². The molecule has 0 aromatic heterocycles. The van der Waals surface area contributed by atoms with Crippen molar-refractivity contribution in [1.29, 1.82) is 0 Å². The van der Waals surface area contributed by atoms with Crippen molar-refractivity contribution in [3.8, 4) is 0 Å². The number of rotatable bonds is 2. The zero-order valence-electron chi connectivity index (χ0n) is 9.74. The van der Waals surface area contributed by atoms with Crippen LogP contribution in [0.2, 0.25) is 5.02 Å². The van der Waals surface area contributed by atoms with Gasteiger partial charge in [-0.15, -0.1) is 0 Å². The molecule has 2 aliphatic rings. The van der Waals surface area contributed by atoms with Crippen LogP contribution in [0.1, 0.15) is 6.92 Å². The number of esters is 1. The van der Waals surface area contributed by atoms with Crippen LogP contribution in [0.25, 0.3) is 5.57 Å². The average molecular weight is 260 g/mol. The fraction of sp³-hybridized carbons (Fsp3) is 0.143. The van der Waals surface area contributed by atoms with Gasteiger partial charge in [-0.2, -0.15) is 0 Å². The van der Waals surface area contributed by atoms with Gasteiger partial charge in [0.1, 0.15) is 0 Å². The molecule has 1 aliphatic carbocycles. The summed E-state index contributed by atoms with van der Waals surface area (Å²) >= 11 is 5.98. The number of hydrogen-bond acceptors (Lipinski definition) is 3. The molecule has 4 heteroatoms. The summed E-state index contributed by atoms with van der Waals surface area (Å²) in [5.74, 6) is -0.314. The van der Waals surface area contributed by atoms with E-state index in [2.05, 4.69) is 4.99 Å². The molecule has 3 rings (SSSR count). The molecule has 3 nitrogen and oxygen atoms in total. The zero-order valence-corrected chi connectivity index (χ0v) is 10.5. The summed E-state index contributed by atoms with van der Waals surface area (Å²) in [6.07, 6.45) is 3.56. The van der Waals surface area contributed by atoms with Crippen molar-refractivity contribution >= 4 is 23.1 Å². The molecule has 0 spiro atoms. The topological polar surface area (TPSA) is 38.7 Å². The lowest BCUT2D eigenvalue weighted by molar-refractivity contribution is -0.138. The molecule has 90 valence electrons. The van der Waals surface area contributed by atoms with Gasteiger partial charge in [0.2, 0.25) is 0 Å². The lowest BCUT2D eigenvalue weighted by atomic mass is 10.2. The molecule has 0 amide bonds. The second-order valence-electron chi connectivity index (χ2n) is 4.04. The fourth-order valence-corrected chi connectivity index (χ4v) is 2.26. The number of carbonyl (C=O) groups is 1. The van der Waals surface area contributed by atoms with E-state index in [4.69, 9.17) is 16.3 Å². The Morgan fingerprint density at radius 2 is 2.22 bits per heavy atom. The normalized spacial score (nSPS) is 15.6. The molecule has 0 fully saturated rings. The Balaban J connectivity index is 2.13. The number of nitrogens with zero attached hydrogens (tertiary/aromatic N) is 1. The Hall–Kier alpha value is -1.87. The first kappa shape index (κ1) is 11.2. The van der Waals surface area contributed by atoms with Crippen molar-refractivity contribution in [3.05, 3.63) is 57.2 Å². The number of allylic oxidation sites excluding steroid dienone is 1. The van der Waals surface area contributed by atoms with E-state index >= 15 is 0 Å². The summed E-state index contributed by atoms with van der Waals surface area (Å²) in [4.78, 5) is 16.1. The molecule has 0 bridgehead atoms. The molecule has 1 aliphatic heterocycles. The number of benzene rings is 1. The van der Waals surface area contributed by atoms with Crippen LogP contribution in [-0.2, 0) is 9.53 Å². The zero-order chi connectivity index (χ0) is 12.7. The molecule has 0 radical (unpaired) electrons. The lowest BCUT2D eigenvalue weighted by Crippen LogP contribution is -2.22. The highest BCUT2D eigenvalue weighted by atomic mass is 35.5. The third kappa shape index (κ3) is 1.68. The molecule has 0 unspecified atom stereocenters. The van der Waals surface area contributed by atoms with Gasteiger partial charge in [-0.25, -0.2) is 9.79 Å².